The largest absolute Gasteiger partial charge is 0.356 e. The van der Waals surface area contributed by atoms with Crippen LogP contribution < -0.4 is 0 Å². The van der Waals surface area contributed by atoms with Crippen molar-refractivity contribution in [1.29, 1.82) is 0 Å². The van der Waals surface area contributed by atoms with Crippen molar-refractivity contribution in [2.75, 3.05) is 6.54 Å². The van der Waals surface area contributed by atoms with Crippen LogP contribution >= 0.6 is 0 Å². The molecule has 0 bridgehead atoms. The van der Waals surface area contributed by atoms with Crippen molar-refractivity contribution < 1.29 is 4.79 Å². The molecule has 146 valence electrons. The van der Waals surface area contributed by atoms with Gasteiger partial charge in [-0.3, -0.25) is 4.79 Å². The van der Waals surface area contributed by atoms with Gasteiger partial charge in [0.15, 0.2) is 5.82 Å². The maximum atomic E-state index is 13.0. The number of para-hydroxylation sites is 1. The van der Waals surface area contributed by atoms with Gasteiger partial charge in [0.25, 0.3) is 0 Å². The minimum Gasteiger partial charge on any atom is -0.356 e. The maximum Gasteiger partial charge on any atom is 0.227 e. The Morgan fingerprint density at radius 2 is 1.97 bits per heavy atom. The van der Waals surface area contributed by atoms with Gasteiger partial charge in [-0.2, -0.15) is 4.68 Å². The van der Waals surface area contributed by atoms with Crippen LogP contribution in [0.1, 0.15) is 35.6 Å². The quantitative estimate of drug-likeness (QED) is 0.587. The lowest BCUT2D eigenvalue weighted by atomic mass is 9.97. The van der Waals surface area contributed by atoms with Gasteiger partial charge < -0.3 is 9.88 Å². The van der Waals surface area contributed by atoms with Gasteiger partial charge in [-0.15, -0.1) is 5.10 Å². The molecule has 1 N–H and O–H groups in total. The molecular weight excluding hydrogens is 364 g/mol. The Bertz CT molecular complexity index is 1190. The molecule has 2 aromatic heterocycles. The average Bonchev–Trinajstić information content (AvgIpc) is 3.33. The summed E-state index contributed by atoms with van der Waals surface area (Å²) < 4.78 is 1.68. The minimum absolute atomic E-state index is 0.0433. The Morgan fingerprint density at radius 1 is 1.17 bits per heavy atom. The number of benzene rings is 2. The highest BCUT2D eigenvalue weighted by atomic mass is 16.2. The first kappa shape index (κ1) is 17.6. The second-order valence-corrected chi connectivity index (χ2v) is 7.56. The van der Waals surface area contributed by atoms with Gasteiger partial charge in [0.05, 0.1) is 18.2 Å². The summed E-state index contributed by atoms with van der Waals surface area (Å²) in [4.78, 5) is 18.6. The fraction of sp³-hybridized carbons (Fsp3) is 0.273. The topological polar surface area (TPSA) is 79.7 Å². The van der Waals surface area contributed by atoms with Gasteiger partial charge in [-0.25, -0.2) is 0 Å². The summed E-state index contributed by atoms with van der Waals surface area (Å²) >= 11 is 0. The van der Waals surface area contributed by atoms with Crippen LogP contribution in [-0.2, 0) is 17.6 Å². The molecule has 1 aliphatic heterocycles. The van der Waals surface area contributed by atoms with Crippen molar-refractivity contribution in [2.24, 2.45) is 0 Å². The number of aryl methyl sites for hydroxylation is 1. The van der Waals surface area contributed by atoms with Gasteiger partial charge >= 0.3 is 0 Å². The average molecular weight is 386 g/mol. The molecule has 1 amide bonds. The summed E-state index contributed by atoms with van der Waals surface area (Å²) in [6.07, 6.45) is 1.27. The van der Waals surface area contributed by atoms with Crippen LogP contribution in [0.4, 0.5) is 0 Å². The number of rotatable bonds is 3. The minimum atomic E-state index is 0.0433. The Morgan fingerprint density at radius 3 is 2.72 bits per heavy atom. The fourth-order valence-corrected chi connectivity index (χ4v) is 4.27. The summed E-state index contributed by atoms with van der Waals surface area (Å²) in [7, 11) is 0. The third-order valence-corrected chi connectivity index (χ3v) is 5.82. The molecular formula is C22H22N6O. The lowest BCUT2D eigenvalue weighted by molar-refractivity contribution is -0.133. The van der Waals surface area contributed by atoms with Gasteiger partial charge in [-0.05, 0) is 60.0 Å². The van der Waals surface area contributed by atoms with E-state index in [4.69, 9.17) is 0 Å². The number of amides is 1. The number of aromatic amines is 1. The standard InChI is InChI=1S/C22H22N6O/c1-14-22-19(18-5-3-4-6-20(18)23-22)11-12-27(14)21(29)13-16-7-9-17(10-8-16)28-15(2)24-25-26-28/h3-10,14,23H,11-13H2,1-2H3/t14-/m1/s1. The second kappa shape index (κ2) is 6.84. The van der Waals surface area contributed by atoms with E-state index in [1.807, 2.05) is 42.2 Å². The lowest BCUT2D eigenvalue weighted by Crippen LogP contribution is -2.39. The molecule has 5 rings (SSSR count). The van der Waals surface area contributed by atoms with Crippen molar-refractivity contribution in [1.82, 2.24) is 30.1 Å². The molecule has 0 radical (unpaired) electrons. The van der Waals surface area contributed by atoms with Crippen LogP contribution in [0.25, 0.3) is 16.6 Å². The Kier molecular flexibility index (Phi) is 4.16. The lowest BCUT2D eigenvalue weighted by Gasteiger charge is -2.33. The monoisotopic (exact) mass is 386 g/mol. The number of H-pyrrole nitrogens is 1. The zero-order chi connectivity index (χ0) is 20.0. The Labute approximate surface area is 168 Å². The van der Waals surface area contributed by atoms with Crippen LogP contribution in [0.2, 0.25) is 0 Å². The Hall–Kier alpha value is -3.48. The van der Waals surface area contributed by atoms with E-state index in [-0.39, 0.29) is 11.9 Å². The fourth-order valence-electron chi connectivity index (χ4n) is 4.27. The molecule has 1 atom stereocenters. The number of carbonyl (C=O) groups is 1. The second-order valence-electron chi connectivity index (χ2n) is 7.56. The van der Waals surface area contributed by atoms with E-state index >= 15 is 0 Å². The third kappa shape index (κ3) is 2.99. The number of aromatic nitrogens is 5. The summed E-state index contributed by atoms with van der Waals surface area (Å²) in [5.74, 6) is 0.873. The molecule has 0 fully saturated rings. The van der Waals surface area contributed by atoms with Crippen molar-refractivity contribution in [3.05, 3.63) is 71.2 Å². The molecule has 2 aromatic carbocycles. The van der Waals surface area contributed by atoms with Crippen molar-refractivity contribution >= 4 is 16.8 Å². The zero-order valence-corrected chi connectivity index (χ0v) is 16.5. The summed E-state index contributed by atoms with van der Waals surface area (Å²) in [6.45, 7) is 4.71. The number of tetrazole rings is 1. The molecule has 1 aliphatic rings. The molecule has 0 unspecified atom stereocenters. The number of hydrogen-bond acceptors (Lipinski definition) is 4. The first-order valence-corrected chi connectivity index (χ1v) is 9.85. The predicted molar refractivity (Wildman–Crippen MR) is 110 cm³/mol. The Balaban J connectivity index is 1.34. The van der Waals surface area contributed by atoms with Crippen molar-refractivity contribution in [3.63, 3.8) is 0 Å². The highest BCUT2D eigenvalue weighted by molar-refractivity contribution is 5.86. The number of hydrogen-bond donors (Lipinski definition) is 1. The maximum absolute atomic E-state index is 13.0. The van der Waals surface area contributed by atoms with Crippen LogP contribution in [-0.4, -0.2) is 42.5 Å². The van der Waals surface area contributed by atoms with Gasteiger partial charge in [-0.1, -0.05) is 30.3 Å². The SMILES string of the molecule is Cc1nnnn1-c1ccc(CC(=O)N2CCc3c([nH]c4ccccc34)[C@H]2C)cc1. The number of carbonyl (C=O) groups excluding carboxylic acids is 1. The molecule has 3 heterocycles. The van der Waals surface area contributed by atoms with E-state index in [9.17, 15) is 4.79 Å². The molecule has 4 aromatic rings. The van der Waals surface area contributed by atoms with Crippen molar-refractivity contribution in [2.45, 2.75) is 32.7 Å². The molecule has 0 saturated carbocycles. The highest BCUT2D eigenvalue weighted by Crippen LogP contribution is 2.34. The molecule has 7 nitrogen and oxygen atoms in total. The van der Waals surface area contributed by atoms with E-state index in [1.54, 1.807) is 4.68 Å². The number of nitrogens with one attached hydrogen (secondary N) is 1. The number of nitrogens with zero attached hydrogens (tertiary/aromatic N) is 5. The van der Waals surface area contributed by atoms with Gasteiger partial charge in [0.1, 0.15) is 0 Å². The highest BCUT2D eigenvalue weighted by Gasteiger charge is 2.30. The number of fused-ring (bicyclic) bond motifs is 3. The van der Waals surface area contributed by atoms with E-state index in [2.05, 4.69) is 45.6 Å². The normalized spacial score (nSPS) is 16.2. The molecule has 0 saturated heterocycles. The smallest absolute Gasteiger partial charge is 0.227 e. The van der Waals surface area contributed by atoms with Crippen LogP contribution in [0.3, 0.4) is 0 Å². The molecule has 29 heavy (non-hydrogen) atoms. The van der Waals surface area contributed by atoms with Gasteiger partial charge in [0.2, 0.25) is 5.91 Å². The summed E-state index contributed by atoms with van der Waals surface area (Å²) in [5.41, 5.74) is 5.53. The van der Waals surface area contributed by atoms with E-state index in [1.165, 1.54) is 10.9 Å². The van der Waals surface area contributed by atoms with Crippen LogP contribution in [0.15, 0.2) is 48.5 Å². The predicted octanol–water partition coefficient (Wildman–Crippen LogP) is 3.14. The van der Waals surface area contributed by atoms with Crippen LogP contribution in [0, 0.1) is 6.92 Å². The molecule has 0 aliphatic carbocycles. The first-order valence-electron chi connectivity index (χ1n) is 9.85. The molecule has 7 heteroatoms. The van der Waals surface area contributed by atoms with E-state index in [0.29, 0.717) is 6.42 Å². The van der Waals surface area contributed by atoms with Crippen molar-refractivity contribution in [3.8, 4) is 5.69 Å². The summed E-state index contributed by atoms with van der Waals surface area (Å²) in [5, 5.41) is 12.8. The summed E-state index contributed by atoms with van der Waals surface area (Å²) in [6, 6.07) is 16.2. The van der Waals surface area contributed by atoms with Crippen LogP contribution in [0.5, 0.6) is 0 Å². The molecule has 0 spiro atoms. The first-order chi connectivity index (χ1) is 14.1. The van der Waals surface area contributed by atoms with E-state index in [0.717, 1.165) is 41.3 Å². The third-order valence-electron chi connectivity index (χ3n) is 5.82. The van der Waals surface area contributed by atoms with E-state index < -0.39 is 0 Å². The zero-order valence-electron chi connectivity index (χ0n) is 16.5. The van der Waals surface area contributed by atoms with Gasteiger partial charge in [0, 0.05) is 23.1 Å².